The van der Waals surface area contributed by atoms with Gasteiger partial charge in [0, 0.05) is 10.5 Å². The maximum absolute atomic E-state index is 13.1. The van der Waals surface area contributed by atoms with Crippen LogP contribution in [0.15, 0.2) is 22.7 Å². The van der Waals surface area contributed by atoms with Crippen molar-refractivity contribution >= 4 is 15.9 Å². The van der Waals surface area contributed by atoms with Crippen molar-refractivity contribution < 1.29 is 4.39 Å². The van der Waals surface area contributed by atoms with Gasteiger partial charge in [0.15, 0.2) is 0 Å². The summed E-state index contributed by atoms with van der Waals surface area (Å²) >= 11 is 3.44. The Hall–Kier alpha value is -0.410. The third kappa shape index (κ3) is 5.07. The van der Waals surface area contributed by atoms with Crippen LogP contribution >= 0.6 is 15.9 Å². The predicted octanol–water partition coefficient (Wildman–Crippen LogP) is 4.40. The zero-order chi connectivity index (χ0) is 13.7. The highest BCUT2D eigenvalue weighted by Crippen LogP contribution is 2.24. The van der Waals surface area contributed by atoms with Crippen molar-refractivity contribution in [3.8, 4) is 0 Å². The third-order valence-corrected chi connectivity index (χ3v) is 3.97. The Bertz CT molecular complexity index is 377. The van der Waals surface area contributed by atoms with Gasteiger partial charge >= 0.3 is 0 Å². The molecule has 1 unspecified atom stereocenters. The maximum atomic E-state index is 13.1. The molecule has 1 rings (SSSR count). The molecule has 0 aliphatic rings. The molecule has 0 fully saturated rings. The molecule has 0 bridgehead atoms. The van der Waals surface area contributed by atoms with Crippen molar-refractivity contribution in [3.63, 3.8) is 0 Å². The molecule has 0 aliphatic heterocycles. The number of hydrogen-bond acceptors (Lipinski definition) is 1. The van der Waals surface area contributed by atoms with E-state index >= 15 is 0 Å². The van der Waals surface area contributed by atoms with Gasteiger partial charge < -0.3 is 5.32 Å². The number of halogens is 2. The summed E-state index contributed by atoms with van der Waals surface area (Å²) in [6.07, 6.45) is 0.970. The molecule has 0 saturated heterocycles. The molecular weight excluding hydrogens is 293 g/mol. The lowest BCUT2D eigenvalue weighted by Crippen LogP contribution is -2.32. The molecule has 102 valence electrons. The van der Waals surface area contributed by atoms with Gasteiger partial charge in [0.1, 0.15) is 5.82 Å². The van der Waals surface area contributed by atoms with E-state index in [1.54, 1.807) is 6.07 Å². The zero-order valence-electron chi connectivity index (χ0n) is 11.6. The highest BCUT2D eigenvalue weighted by Gasteiger charge is 2.16. The van der Waals surface area contributed by atoms with Crippen LogP contribution in [-0.4, -0.2) is 12.6 Å². The molecule has 0 heterocycles. The largest absolute Gasteiger partial charge is 0.314 e. The summed E-state index contributed by atoms with van der Waals surface area (Å²) in [5.41, 5.74) is 1.18. The molecule has 1 atom stereocenters. The first kappa shape index (κ1) is 15.6. The van der Waals surface area contributed by atoms with Crippen molar-refractivity contribution in [2.45, 2.75) is 40.2 Å². The molecule has 0 radical (unpaired) electrons. The number of benzene rings is 1. The molecule has 3 heteroatoms. The summed E-state index contributed by atoms with van der Waals surface area (Å²) < 4.78 is 13.9. The molecule has 0 aliphatic carbocycles. The van der Waals surface area contributed by atoms with Crippen LogP contribution in [0.1, 0.15) is 33.3 Å². The van der Waals surface area contributed by atoms with Gasteiger partial charge in [0.05, 0.1) is 0 Å². The van der Waals surface area contributed by atoms with Crippen molar-refractivity contribution in [3.05, 3.63) is 34.1 Å². The van der Waals surface area contributed by atoms with E-state index < -0.39 is 0 Å². The van der Waals surface area contributed by atoms with Gasteiger partial charge in [-0.05, 0) is 42.5 Å². The van der Waals surface area contributed by atoms with Crippen molar-refractivity contribution in [1.29, 1.82) is 0 Å². The summed E-state index contributed by atoms with van der Waals surface area (Å²) in [6, 6.07) is 5.46. The Balaban J connectivity index is 2.70. The van der Waals surface area contributed by atoms with Crippen LogP contribution in [0.4, 0.5) is 4.39 Å². The molecule has 0 amide bonds. The molecule has 0 saturated carbocycles. The Labute approximate surface area is 118 Å². The minimum absolute atomic E-state index is 0.188. The van der Waals surface area contributed by atoms with E-state index in [0.717, 1.165) is 17.4 Å². The Morgan fingerprint density at radius 1 is 1.22 bits per heavy atom. The monoisotopic (exact) mass is 315 g/mol. The molecule has 0 aromatic heterocycles. The van der Waals surface area contributed by atoms with Crippen LogP contribution < -0.4 is 5.32 Å². The van der Waals surface area contributed by atoms with E-state index in [0.29, 0.717) is 17.9 Å². The summed E-state index contributed by atoms with van der Waals surface area (Å²) in [5.74, 6) is 0.981. The highest BCUT2D eigenvalue weighted by molar-refractivity contribution is 9.10. The third-order valence-electron chi connectivity index (χ3n) is 3.23. The van der Waals surface area contributed by atoms with Crippen molar-refractivity contribution in [2.24, 2.45) is 11.8 Å². The fourth-order valence-electron chi connectivity index (χ4n) is 1.90. The second-order valence-electron chi connectivity index (χ2n) is 5.51. The second-order valence-corrected chi connectivity index (χ2v) is 6.36. The SMILES string of the molecule is CC(C)NCC(Cc1ccc(F)cc1Br)C(C)C. The van der Waals surface area contributed by atoms with Crippen LogP contribution in [-0.2, 0) is 6.42 Å². The lowest BCUT2D eigenvalue weighted by Gasteiger charge is -2.23. The average molecular weight is 316 g/mol. The Kier molecular flexibility index (Phi) is 6.30. The minimum atomic E-state index is -0.188. The van der Waals surface area contributed by atoms with Crippen molar-refractivity contribution in [2.75, 3.05) is 6.54 Å². The van der Waals surface area contributed by atoms with E-state index in [4.69, 9.17) is 0 Å². The van der Waals surface area contributed by atoms with E-state index in [1.165, 1.54) is 11.6 Å². The molecule has 1 aromatic rings. The first-order chi connectivity index (χ1) is 8.40. The normalized spacial score (nSPS) is 13.3. The van der Waals surface area contributed by atoms with Gasteiger partial charge in [-0.1, -0.05) is 49.7 Å². The molecule has 1 N–H and O–H groups in total. The van der Waals surface area contributed by atoms with Gasteiger partial charge in [-0.15, -0.1) is 0 Å². The molecule has 0 spiro atoms. The summed E-state index contributed by atoms with van der Waals surface area (Å²) in [5, 5.41) is 3.49. The van der Waals surface area contributed by atoms with Crippen LogP contribution in [0.3, 0.4) is 0 Å². The fraction of sp³-hybridized carbons (Fsp3) is 0.600. The molecular formula is C15H23BrFN. The molecule has 1 aromatic carbocycles. The zero-order valence-corrected chi connectivity index (χ0v) is 13.2. The van der Waals surface area contributed by atoms with E-state index in [1.807, 2.05) is 6.07 Å². The lowest BCUT2D eigenvalue weighted by molar-refractivity contribution is 0.348. The molecule has 1 nitrogen and oxygen atoms in total. The minimum Gasteiger partial charge on any atom is -0.314 e. The van der Waals surface area contributed by atoms with Gasteiger partial charge in [0.25, 0.3) is 0 Å². The first-order valence-corrected chi connectivity index (χ1v) is 7.36. The fourth-order valence-corrected chi connectivity index (χ4v) is 2.41. The standard InChI is InChI=1S/C15H23BrFN/c1-10(2)13(9-18-11(3)4)7-12-5-6-14(17)8-15(12)16/h5-6,8,10-11,13,18H,7,9H2,1-4H3. The van der Waals surface area contributed by atoms with Crippen LogP contribution in [0.25, 0.3) is 0 Å². The summed E-state index contributed by atoms with van der Waals surface area (Å²) in [7, 11) is 0. The number of hydrogen-bond donors (Lipinski definition) is 1. The van der Waals surface area contributed by atoms with Crippen LogP contribution in [0.2, 0.25) is 0 Å². The van der Waals surface area contributed by atoms with Crippen molar-refractivity contribution in [1.82, 2.24) is 5.32 Å². The van der Waals surface area contributed by atoms with Gasteiger partial charge in [0.2, 0.25) is 0 Å². The number of rotatable bonds is 6. The Morgan fingerprint density at radius 3 is 2.39 bits per heavy atom. The van der Waals surface area contributed by atoms with Crippen LogP contribution in [0.5, 0.6) is 0 Å². The predicted molar refractivity (Wildman–Crippen MR) is 79.3 cm³/mol. The maximum Gasteiger partial charge on any atom is 0.124 e. The van der Waals surface area contributed by atoms with E-state index in [2.05, 4.69) is 48.9 Å². The summed E-state index contributed by atoms with van der Waals surface area (Å²) in [6.45, 7) is 9.80. The second kappa shape index (κ2) is 7.25. The average Bonchev–Trinajstić information content (AvgIpc) is 2.26. The number of nitrogens with one attached hydrogen (secondary N) is 1. The quantitative estimate of drug-likeness (QED) is 0.820. The lowest BCUT2D eigenvalue weighted by atomic mass is 9.89. The smallest absolute Gasteiger partial charge is 0.124 e. The van der Waals surface area contributed by atoms with Gasteiger partial charge in [-0.2, -0.15) is 0 Å². The van der Waals surface area contributed by atoms with E-state index in [9.17, 15) is 4.39 Å². The molecule has 18 heavy (non-hydrogen) atoms. The summed E-state index contributed by atoms with van der Waals surface area (Å²) in [4.78, 5) is 0. The topological polar surface area (TPSA) is 12.0 Å². The van der Waals surface area contributed by atoms with Crippen LogP contribution in [0, 0.1) is 17.7 Å². The van der Waals surface area contributed by atoms with Gasteiger partial charge in [-0.3, -0.25) is 0 Å². The first-order valence-electron chi connectivity index (χ1n) is 6.57. The van der Waals surface area contributed by atoms with E-state index in [-0.39, 0.29) is 5.82 Å². The highest BCUT2D eigenvalue weighted by atomic mass is 79.9. The Morgan fingerprint density at radius 2 is 1.89 bits per heavy atom. The van der Waals surface area contributed by atoms with Gasteiger partial charge in [-0.25, -0.2) is 4.39 Å².